The number of carbonyl (C=O) groups is 2. The van der Waals surface area contributed by atoms with Crippen LogP contribution in [0.25, 0.3) is 0 Å². The molecular weight excluding hydrogens is 426 g/mol. The first kappa shape index (κ1) is 23.7. The molecule has 2 N–H and O–H groups in total. The summed E-state index contributed by atoms with van der Waals surface area (Å²) < 4.78 is 0. The van der Waals surface area contributed by atoms with Gasteiger partial charge >= 0.3 is 0 Å². The van der Waals surface area contributed by atoms with Crippen molar-refractivity contribution in [1.29, 1.82) is 0 Å². The van der Waals surface area contributed by atoms with Crippen LogP contribution in [0.4, 0.5) is 5.69 Å². The van der Waals surface area contributed by atoms with E-state index in [1.807, 2.05) is 43.5 Å². The molecule has 0 saturated heterocycles. The molecule has 2 amide bonds. The third-order valence-corrected chi connectivity index (χ3v) is 5.55. The maximum absolute atomic E-state index is 12.7. The van der Waals surface area contributed by atoms with Gasteiger partial charge in [0, 0.05) is 18.2 Å². The zero-order valence-corrected chi connectivity index (χ0v) is 18.3. The van der Waals surface area contributed by atoms with Gasteiger partial charge in [0.05, 0.1) is 4.92 Å². The molecule has 2 unspecified atom stereocenters. The molecule has 2 rings (SSSR count). The number of thioether (sulfide) groups is 1. The fourth-order valence-electron chi connectivity index (χ4n) is 2.82. The van der Waals surface area contributed by atoms with E-state index in [1.165, 1.54) is 12.1 Å². The molecule has 160 valence electrons. The van der Waals surface area contributed by atoms with Crippen molar-refractivity contribution in [2.75, 3.05) is 18.6 Å². The van der Waals surface area contributed by atoms with Crippen molar-refractivity contribution in [2.45, 2.75) is 25.3 Å². The van der Waals surface area contributed by atoms with Gasteiger partial charge in [-0.3, -0.25) is 19.7 Å². The molecule has 0 radical (unpaired) electrons. The molecule has 0 bridgehead atoms. The first-order valence-corrected chi connectivity index (χ1v) is 11.2. The van der Waals surface area contributed by atoms with Crippen LogP contribution < -0.4 is 10.6 Å². The van der Waals surface area contributed by atoms with E-state index in [-0.39, 0.29) is 28.1 Å². The molecular formula is C21H24ClN3O4S. The van der Waals surface area contributed by atoms with Crippen molar-refractivity contribution in [2.24, 2.45) is 0 Å². The number of halogens is 1. The number of nitro benzene ring substituents is 1. The topological polar surface area (TPSA) is 101 Å². The van der Waals surface area contributed by atoms with Gasteiger partial charge in [0.1, 0.15) is 11.1 Å². The van der Waals surface area contributed by atoms with E-state index >= 15 is 0 Å². The summed E-state index contributed by atoms with van der Waals surface area (Å²) in [7, 11) is 0. The van der Waals surface area contributed by atoms with Gasteiger partial charge in [-0.05, 0) is 42.0 Å². The number of benzene rings is 2. The van der Waals surface area contributed by atoms with Crippen molar-refractivity contribution in [3.8, 4) is 0 Å². The summed E-state index contributed by atoms with van der Waals surface area (Å²) in [5.41, 5.74) is 0.827. The first-order valence-electron chi connectivity index (χ1n) is 9.40. The van der Waals surface area contributed by atoms with Crippen LogP contribution in [-0.2, 0) is 4.79 Å². The molecule has 0 aliphatic rings. The van der Waals surface area contributed by atoms with Gasteiger partial charge in [0.25, 0.3) is 11.6 Å². The Labute approximate surface area is 184 Å². The Hall–Kier alpha value is -2.58. The largest absolute Gasteiger partial charge is 0.354 e. The van der Waals surface area contributed by atoms with E-state index in [2.05, 4.69) is 10.6 Å². The molecule has 0 aromatic heterocycles. The van der Waals surface area contributed by atoms with Crippen LogP contribution in [0.2, 0.25) is 5.02 Å². The minimum Gasteiger partial charge on any atom is -0.354 e. The zero-order valence-electron chi connectivity index (χ0n) is 16.8. The van der Waals surface area contributed by atoms with Crippen LogP contribution in [0.5, 0.6) is 0 Å². The number of nitro groups is 1. The molecule has 0 fully saturated rings. The maximum Gasteiger partial charge on any atom is 0.288 e. The van der Waals surface area contributed by atoms with Crippen molar-refractivity contribution in [1.82, 2.24) is 10.6 Å². The zero-order chi connectivity index (χ0) is 22.1. The highest BCUT2D eigenvalue weighted by atomic mass is 35.5. The standard InChI is InChI=1S/C21H24ClN3O4S/c1-14(15-6-4-3-5-7-15)13-23-21(27)18(10-11-30-2)24-20(26)16-8-9-17(22)19(12-16)25(28)29/h3-9,12,14,18H,10-11,13H2,1-2H3,(H,23,27)(H,24,26). The predicted molar refractivity (Wildman–Crippen MR) is 120 cm³/mol. The van der Waals surface area contributed by atoms with E-state index < -0.39 is 16.9 Å². The minimum atomic E-state index is -0.748. The van der Waals surface area contributed by atoms with E-state index in [4.69, 9.17) is 11.6 Å². The third kappa shape index (κ3) is 6.74. The normalized spacial score (nSPS) is 12.6. The van der Waals surface area contributed by atoms with Crippen molar-refractivity contribution < 1.29 is 14.5 Å². The highest BCUT2D eigenvalue weighted by molar-refractivity contribution is 7.98. The van der Waals surface area contributed by atoms with E-state index in [0.717, 1.165) is 11.6 Å². The summed E-state index contributed by atoms with van der Waals surface area (Å²) >= 11 is 7.36. The second-order valence-electron chi connectivity index (χ2n) is 6.79. The van der Waals surface area contributed by atoms with Gasteiger partial charge in [-0.25, -0.2) is 0 Å². The van der Waals surface area contributed by atoms with Gasteiger partial charge in [0.15, 0.2) is 0 Å². The molecule has 0 saturated carbocycles. The highest BCUT2D eigenvalue weighted by Gasteiger charge is 2.23. The summed E-state index contributed by atoms with van der Waals surface area (Å²) in [6, 6.07) is 12.9. The number of nitrogens with one attached hydrogen (secondary N) is 2. The quantitative estimate of drug-likeness (QED) is 0.421. The number of amides is 2. The van der Waals surface area contributed by atoms with E-state index in [1.54, 1.807) is 11.8 Å². The summed E-state index contributed by atoms with van der Waals surface area (Å²) in [5, 5.41) is 16.6. The van der Waals surface area contributed by atoms with Gasteiger partial charge in [-0.2, -0.15) is 11.8 Å². The average Bonchev–Trinajstić information content (AvgIpc) is 2.75. The number of hydrogen-bond acceptors (Lipinski definition) is 5. The minimum absolute atomic E-state index is 0.0527. The molecule has 0 aliphatic heterocycles. The summed E-state index contributed by atoms with van der Waals surface area (Å²) in [4.78, 5) is 35.7. The van der Waals surface area contributed by atoms with Gasteiger partial charge < -0.3 is 10.6 Å². The molecule has 30 heavy (non-hydrogen) atoms. The summed E-state index contributed by atoms with van der Waals surface area (Å²) in [6.07, 6.45) is 2.35. The van der Waals surface area contributed by atoms with Crippen LogP contribution in [0, 0.1) is 10.1 Å². The second kappa shape index (κ2) is 11.6. The molecule has 2 atom stereocenters. The van der Waals surface area contributed by atoms with Crippen molar-refractivity contribution in [3.05, 3.63) is 74.8 Å². The van der Waals surface area contributed by atoms with Gasteiger partial charge in [-0.15, -0.1) is 0 Å². The molecule has 9 heteroatoms. The van der Waals surface area contributed by atoms with Crippen molar-refractivity contribution >= 4 is 40.9 Å². The predicted octanol–water partition coefficient (Wildman–Crippen LogP) is 4.02. The molecule has 0 aliphatic carbocycles. The lowest BCUT2D eigenvalue weighted by atomic mass is 10.0. The van der Waals surface area contributed by atoms with Crippen LogP contribution >= 0.6 is 23.4 Å². The number of nitrogens with zero attached hydrogens (tertiary/aromatic N) is 1. The highest BCUT2D eigenvalue weighted by Crippen LogP contribution is 2.25. The molecule has 7 nitrogen and oxygen atoms in total. The van der Waals surface area contributed by atoms with Crippen LogP contribution in [0.3, 0.4) is 0 Å². The fraction of sp³-hybridized carbons (Fsp3) is 0.333. The fourth-order valence-corrected chi connectivity index (χ4v) is 3.47. The van der Waals surface area contributed by atoms with Gasteiger partial charge in [0.2, 0.25) is 5.91 Å². The first-order chi connectivity index (χ1) is 14.3. The molecule has 2 aromatic carbocycles. The average molecular weight is 450 g/mol. The Morgan fingerprint density at radius 1 is 1.20 bits per heavy atom. The number of carbonyl (C=O) groups excluding carboxylic acids is 2. The van der Waals surface area contributed by atoms with Crippen LogP contribution in [0.15, 0.2) is 48.5 Å². The Morgan fingerprint density at radius 3 is 2.53 bits per heavy atom. The Balaban J connectivity index is 2.05. The van der Waals surface area contributed by atoms with Crippen LogP contribution in [-0.4, -0.2) is 41.3 Å². The van der Waals surface area contributed by atoms with E-state index in [9.17, 15) is 19.7 Å². The van der Waals surface area contributed by atoms with Crippen LogP contribution in [0.1, 0.15) is 35.2 Å². The van der Waals surface area contributed by atoms with Gasteiger partial charge in [-0.1, -0.05) is 48.9 Å². The second-order valence-corrected chi connectivity index (χ2v) is 8.18. The maximum atomic E-state index is 12.7. The van der Waals surface area contributed by atoms with E-state index in [0.29, 0.717) is 18.7 Å². The summed E-state index contributed by atoms with van der Waals surface area (Å²) in [6.45, 7) is 2.44. The van der Waals surface area contributed by atoms with Crippen molar-refractivity contribution in [3.63, 3.8) is 0 Å². The Kier molecular flexibility index (Phi) is 9.14. The molecule has 0 heterocycles. The third-order valence-electron chi connectivity index (χ3n) is 4.59. The summed E-state index contributed by atoms with van der Waals surface area (Å²) in [5.74, 6) is -0.0605. The lowest BCUT2D eigenvalue weighted by Crippen LogP contribution is -2.47. The Morgan fingerprint density at radius 2 is 1.90 bits per heavy atom. The number of hydrogen-bond donors (Lipinski definition) is 2. The number of rotatable bonds is 10. The Bertz CT molecular complexity index is 895. The molecule has 2 aromatic rings. The SMILES string of the molecule is CSCCC(NC(=O)c1ccc(Cl)c([N+](=O)[O-])c1)C(=O)NCC(C)c1ccccc1. The lowest BCUT2D eigenvalue weighted by Gasteiger charge is -2.20. The molecule has 0 spiro atoms. The monoisotopic (exact) mass is 449 g/mol. The lowest BCUT2D eigenvalue weighted by molar-refractivity contribution is -0.384. The smallest absolute Gasteiger partial charge is 0.288 e.